The number of carbonyl (C=O) groups excluding carboxylic acids is 2. The Balaban J connectivity index is 0.000000293. The summed E-state index contributed by atoms with van der Waals surface area (Å²) in [7, 11) is 0. The number of hydrogen-bond donors (Lipinski definition) is 0. The SMILES string of the molecule is CC=O.O=C1Oc2ccc(Cl)c(Cl)c21. The lowest BCUT2D eigenvalue weighted by atomic mass is 10.1. The summed E-state index contributed by atoms with van der Waals surface area (Å²) in [4.78, 5) is 19.5. The predicted octanol–water partition coefficient (Wildman–Crippen LogP) is 2.73. The Morgan fingerprint density at radius 3 is 2.36 bits per heavy atom. The van der Waals surface area contributed by atoms with E-state index in [9.17, 15) is 4.79 Å². The molecule has 0 aliphatic carbocycles. The van der Waals surface area contributed by atoms with Crippen LogP contribution in [-0.4, -0.2) is 12.3 Å². The Hall–Kier alpha value is -1.06. The van der Waals surface area contributed by atoms with Crippen molar-refractivity contribution < 1.29 is 14.3 Å². The van der Waals surface area contributed by atoms with Gasteiger partial charge in [0, 0.05) is 0 Å². The minimum Gasteiger partial charge on any atom is -0.422 e. The molecule has 14 heavy (non-hydrogen) atoms. The lowest BCUT2D eigenvalue weighted by Crippen LogP contribution is -2.21. The van der Waals surface area contributed by atoms with Gasteiger partial charge in [0.2, 0.25) is 0 Å². The van der Waals surface area contributed by atoms with Gasteiger partial charge < -0.3 is 9.53 Å². The zero-order valence-electron chi connectivity index (χ0n) is 7.21. The van der Waals surface area contributed by atoms with E-state index in [2.05, 4.69) is 4.74 Å². The molecule has 0 bridgehead atoms. The molecule has 0 unspecified atom stereocenters. The van der Waals surface area contributed by atoms with Crippen LogP contribution >= 0.6 is 23.2 Å². The largest absolute Gasteiger partial charge is 0.422 e. The van der Waals surface area contributed by atoms with Crippen molar-refractivity contribution in [2.45, 2.75) is 6.92 Å². The summed E-state index contributed by atoms with van der Waals surface area (Å²) in [5.74, 6) is 0.0944. The molecule has 0 N–H and O–H groups in total. The third kappa shape index (κ3) is 1.89. The van der Waals surface area contributed by atoms with Gasteiger partial charge in [-0.15, -0.1) is 0 Å². The first kappa shape index (κ1) is 11.0. The van der Waals surface area contributed by atoms with Crippen LogP contribution in [0.15, 0.2) is 12.1 Å². The molecule has 0 atom stereocenters. The molecule has 0 amide bonds. The van der Waals surface area contributed by atoms with Crippen LogP contribution in [0.1, 0.15) is 17.3 Å². The van der Waals surface area contributed by atoms with Gasteiger partial charge in [0.1, 0.15) is 17.6 Å². The van der Waals surface area contributed by atoms with E-state index in [1.807, 2.05) is 0 Å². The van der Waals surface area contributed by atoms with Crippen LogP contribution in [0.5, 0.6) is 5.75 Å². The standard InChI is InChI=1S/C7H2Cl2O2.C2H4O/c8-3-1-2-4-5(6(3)9)7(10)11-4;1-2-3/h1-2H;2H,1H3. The van der Waals surface area contributed by atoms with E-state index in [1.165, 1.54) is 6.92 Å². The molecule has 1 aliphatic heterocycles. The van der Waals surface area contributed by atoms with Gasteiger partial charge in [-0.2, -0.15) is 0 Å². The first-order chi connectivity index (χ1) is 6.61. The number of hydrogen-bond acceptors (Lipinski definition) is 3. The second-order valence-electron chi connectivity index (χ2n) is 2.36. The van der Waals surface area contributed by atoms with Crippen molar-refractivity contribution in [3.8, 4) is 5.75 Å². The maximum absolute atomic E-state index is 10.7. The quantitative estimate of drug-likeness (QED) is 0.511. The molecule has 0 radical (unpaired) electrons. The van der Waals surface area contributed by atoms with E-state index in [1.54, 1.807) is 12.1 Å². The number of fused-ring (bicyclic) bond motifs is 1. The zero-order valence-corrected chi connectivity index (χ0v) is 8.72. The zero-order chi connectivity index (χ0) is 10.7. The lowest BCUT2D eigenvalue weighted by Gasteiger charge is -2.18. The van der Waals surface area contributed by atoms with E-state index < -0.39 is 5.97 Å². The molecule has 5 heteroatoms. The molecule has 0 spiro atoms. The van der Waals surface area contributed by atoms with Crippen molar-refractivity contribution in [1.29, 1.82) is 0 Å². The Labute approximate surface area is 90.6 Å². The molecule has 1 aliphatic rings. The minimum atomic E-state index is -0.410. The summed E-state index contributed by atoms with van der Waals surface area (Å²) < 4.78 is 4.64. The predicted molar refractivity (Wildman–Crippen MR) is 53.2 cm³/mol. The van der Waals surface area contributed by atoms with Crippen LogP contribution < -0.4 is 4.74 Å². The molecular formula is C9H6Cl2O3. The molecule has 0 saturated heterocycles. The third-order valence-corrected chi connectivity index (χ3v) is 2.27. The van der Waals surface area contributed by atoms with Crippen molar-refractivity contribution in [3.63, 3.8) is 0 Å². The monoisotopic (exact) mass is 232 g/mol. The summed E-state index contributed by atoms with van der Waals surface area (Å²) in [6.45, 7) is 1.44. The maximum atomic E-state index is 10.7. The fourth-order valence-electron chi connectivity index (χ4n) is 0.913. The van der Waals surface area contributed by atoms with E-state index in [-0.39, 0.29) is 5.02 Å². The third-order valence-electron chi connectivity index (χ3n) is 1.46. The summed E-state index contributed by atoms with van der Waals surface area (Å²) in [5, 5.41) is 0.655. The topological polar surface area (TPSA) is 43.4 Å². The van der Waals surface area contributed by atoms with Gasteiger partial charge in [0.25, 0.3) is 0 Å². The second-order valence-corrected chi connectivity index (χ2v) is 3.14. The maximum Gasteiger partial charge on any atom is 0.348 e. The normalized spacial score (nSPS) is 11.5. The Morgan fingerprint density at radius 2 is 1.93 bits per heavy atom. The van der Waals surface area contributed by atoms with Gasteiger partial charge in [0.15, 0.2) is 0 Å². The Kier molecular flexibility index (Phi) is 3.49. The Morgan fingerprint density at radius 1 is 1.36 bits per heavy atom. The van der Waals surface area contributed by atoms with Gasteiger partial charge in [-0.05, 0) is 19.1 Å². The van der Waals surface area contributed by atoms with Crippen molar-refractivity contribution in [2.75, 3.05) is 0 Å². The average Bonchev–Trinajstić information content (AvgIpc) is 2.10. The van der Waals surface area contributed by atoms with E-state index in [4.69, 9.17) is 28.0 Å². The lowest BCUT2D eigenvalue weighted by molar-refractivity contribution is -0.106. The van der Waals surface area contributed by atoms with Gasteiger partial charge >= 0.3 is 5.97 Å². The summed E-state index contributed by atoms with van der Waals surface area (Å²) >= 11 is 11.3. The summed E-state index contributed by atoms with van der Waals surface area (Å²) in [6.07, 6.45) is 0.750. The second kappa shape index (κ2) is 4.44. The van der Waals surface area contributed by atoms with E-state index >= 15 is 0 Å². The van der Waals surface area contributed by atoms with E-state index in [0.717, 1.165) is 6.29 Å². The van der Waals surface area contributed by atoms with Gasteiger partial charge in [-0.1, -0.05) is 23.2 Å². The van der Waals surface area contributed by atoms with Crippen LogP contribution in [-0.2, 0) is 4.79 Å². The first-order valence-corrected chi connectivity index (χ1v) is 4.47. The molecule has 1 aromatic carbocycles. The van der Waals surface area contributed by atoms with Crippen LogP contribution in [0.25, 0.3) is 0 Å². The molecule has 1 aromatic rings. The number of rotatable bonds is 0. The fraction of sp³-hybridized carbons (Fsp3) is 0.111. The number of ether oxygens (including phenoxy) is 1. The highest BCUT2D eigenvalue weighted by molar-refractivity contribution is 6.44. The van der Waals surface area contributed by atoms with Crippen LogP contribution in [0.4, 0.5) is 0 Å². The van der Waals surface area contributed by atoms with Crippen LogP contribution in [0.3, 0.4) is 0 Å². The van der Waals surface area contributed by atoms with Crippen molar-refractivity contribution in [3.05, 3.63) is 27.7 Å². The number of esters is 1. The average molecular weight is 233 g/mol. The summed E-state index contributed by atoms with van der Waals surface area (Å²) in [5.41, 5.74) is 0.388. The molecule has 2 rings (SSSR count). The van der Waals surface area contributed by atoms with Crippen LogP contribution in [0.2, 0.25) is 10.0 Å². The first-order valence-electron chi connectivity index (χ1n) is 3.71. The number of aldehydes is 1. The number of carbonyl (C=O) groups is 2. The highest BCUT2D eigenvalue weighted by Gasteiger charge is 2.30. The highest BCUT2D eigenvalue weighted by Crippen LogP contribution is 2.38. The fourth-order valence-corrected chi connectivity index (χ4v) is 1.30. The van der Waals surface area contributed by atoms with Crippen molar-refractivity contribution in [1.82, 2.24) is 0 Å². The van der Waals surface area contributed by atoms with Crippen molar-refractivity contribution >= 4 is 35.5 Å². The minimum absolute atomic E-state index is 0.278. The Bertz CT molecular complexity index is 388. The molecule has 3 nitrogen and oxygen atoms in total. The molecule has 0 fully saturated rings. The molecule has 1 heterocycles. The van der Waals surface area contributed by atoms with Crippen LogP contribution in [0, 0.1) is 0 Å². The number of halogens is 2. The van der Waals surface area contributed by atoms with Crippen molar-refractivity contribution in [2.24, 2.45) is 0 Å². The number of benzene rings is 1. The summed E-state index contributed by atoms with van der Waals surface area (Å²) in [6, 6.07) is 3.21. The molecule has 0 aromatic heterocycles. The molecule has 74 valence electrons. The highest BCUT2D eigenvalue weighted by atomic mass is 35.5. The van der Waals surface area contributed by atoms with Gasteiger partial charge in [0.05, 0.1) is 10.0 Å². The smallest absolute Gasteiger partial charge is 0.348 e. The molecular weight excluding hydrogens is 227 g/mol. The van der Waals surface area contributed by atoms with E-state index in [0.29, 0.717) is 16.3 Å². The van der Waals surface area contributed by atoms with Gasteiger partial charge in [-0.25, -0.2) is 4.79 Å². The molecule has 0 saturated carbocycles. The van der Waals surface area contributed by atoms with Gasteiger partial charge in [-0.3, -0.25) is 0 Å².